The molecule has 0 saturated heterocycles. The van der Waals surface area contributed by atoms with Gasteiger partial charge in [-0.1, -0.05) is 35.3 Å². The van der Waals surface area contributed by atoms with Gasteiger partial charge in [0.1, 0.15) is 12.6 Å². The molecule has 0 spiro atoms. The minimum atomic E-state index is -0.925. The lowest BCUT2D eigenvalue weighted by molar-refractivity contribution is -0.139. The van der Waals surface area contributed by atoms with Crippen LogP contribution < -0.4 is 14.8 Å². The van der Waals surface area contributed by atoms with Gasteiger partial charge in [0.2, 0.25) is 0 Å². The molecule has 134 valence electrons. The van der Waals surface area contributed by atoms with Crippen molar-refractivity contribution in [2.45, 2.75) is 26.1 Å². The molecule has 0 aliphatic heterocycles. The molecular weight excluding hydrogens is 365 g/mol. The van der Waals surface area contributed by atoms with Crippen LogP contribution in [0.5, 0.6) is 11.5 Å². The molecule has 0 bridgehead atoms. The zero-order valence-corrected chi connectivity index (χ0v) is 15.4. The summed E-state index contributed by atoms with van der Waals surface area (Å²) in [5, 5.41) is 12.9. The van der Waals surface area contributed by atoms with Gasteiger partial charge >= 0.3 is 5.97 Å². The third-order valence-electron chi connectivity index (χ3n) is 3.61. The van der Waals surface area contributed by atoms with E-state index in [0.29, 0.717) is 34.7 Å². The number of carboxylic acid groups (broad SMARTS) is 1. The number of rotatable bonds is 8. The Labute approximate surface area is 156 Å². The van der Waals surface area contributed by atoms with E-state index in [2.05, 4.69) is 5.32 Å². The largest absolute Gasteiger partial charge is 0.493 e. The van der Waals surface area contributed by atoms with Crippen LogP contribution in [0.3, 0.4) is 0 Å². The number of carboxylic acids is 1. The van der Waals surface area contributed by atoms with Crippen LogP contribution in [-0.4, -0.2) is 24.2 Å². The highest BCUT2D eigenvalue weighted by molar-refractivity contribution is 6.31. The lowest BCUT2D eigenvalue weighted by atomic mass is 10.1. The lowest BCUT2D eigenvalue weighted by Gasteiger charge is -2.15. The molecule has 0 aliphatic rings. The molecule has 2 aromatic carbocycles. The summed E-state index contributed by atoms with van der Waals surface area (Å²) in [4.78, 5) is 10.9. The van der Waals surface area contributed by atoms with E-state index in [1.165, 1.54) is 7.11 Å². The van der Waals surface area contributed by atoms with E-state index in [4.69, 9.17) is 37.8 Å². The first-order valence-electron chi connectivity index (χ1n) is 7.60. The van der Waals surface area contributed by atoms with Crippen molar-refractivity contribution in [1.82, 2.24) is 5.32 Å². The molecule has 1 unspecified atom stereocenters. The Morgan fingerprint density at radius 1 is 1.20 bits per heavy atom. The van der Waals surface area contributed by atoms with Crippen molar-refractivity contribution in [2.24, 2.45) is 0 Å². The normalized spacial score (nSPS) is 11.8. The highest BCUT2D eigenvalue weighted by Gasteiger charge is 2.14. The van der Waals surface area contributed by atoms with E-state index in [1.54, 1.807) is 31.2 Å². The summed E-state index contributed by atoms with van der Waals surface area (Å²) in [7, 11) is 1.54. The van der Waals surface area contributed by atoms with E-state index in [-0.39, 0.29) is 0 Å². The van der Waals surface area contributed by atoms with E-state index in [0.717, 1.165) is 11.1 Å². The third kappa shape index (κ3) is 5.53. The number of nitrogens with one attached hydrogen (secondary N) is 1. The molecular formula is C18H19Cl2NO4. The van der Waals surface area contributed by atoms with Gasteiger partial charge in [-0.3, -0.25) is 4.79 Å². The van der Waals surface area contributed by atoms with Crippen molar-refractivity contribution in [3.63, 3.8) is 0 Å². The van der Waals surface area contributed by atoms with Gasteiger partial charge in [-0.2, -0.15) is 0 Å². The molecule has 0 saturated carbocycles. The van der Waals surface area contributed by atoms with Gasteiger partial charge in [0.15, 0.2) is 11.5 Å². The average Bonchev–Trinajstić information content (AvgIpc) is 2.59. The Hall–Kier alpha value is -1.95. The maximum Gasteiger partial charge on any atom is 0.320 e. The lowest BCUT2D eigenvalue weighted by Crippen LogP contribution is -2.33. The van der Waals surface area contributed by atoms with Crippen LogP contribution in [0.4, 0.5) is 0 Å². The predicted molar refractivity (Wildman–Crippen MR) is 97.7 cm³/mol. The molecule has 2 N–H and O–H groups in total. The Balaban J connectivity index is 2.09. The number of aliphatic carboxylic acids is 1. The molecule has 25 heavy (non-hydrogen) atoms. The highest BCUT2D eigenvalue weighted by atomic mass is 35.5. The summed E-state index contributed by atoms with van der Waals surface area (Å²) in [6.45, 7) is 2.22. The van der Waals surface area contributed by atoms with E-state index >= 15 is 0 Å². The molecule has 0 aliphatic carbocycles. The number of methoxy groups -OCH3 is 1. The SMILES string of the molecule is COc1cc(CNC(C)C(=O)O)c(Cl)cc1OCc1ccc(Cl)cc1. The molecule has 0 aromatic heterocycles. The Bertz CT molecular complexity index is 735. The number of halogens is 2. The van der Waals surface area contributed by atoms with Crippen LogP contribution >= 0.6 is 23.2 Å². The van der Waals surface area contributed by atoms with Crippen molar-refractivity contribution in [3.05, 3.63) is 57.6 Å². The molecule has 2 rings (SSSR count). The first-order valence-corrected chi connectivity index (χ1v) is 8.36. The first kappa shape index (κ1) is 19.4. The van der Waals surface area contributed by atoms with Gasteiger partial charge < -0.3 is 19.9 Å². The van der Waals surface area contributed by atoms with Crippen LogP contribution in [-0.2, 0) is 17.9 Å². The summed E-state index contributed by atoms with van der Waals surface area (Å²) in [6.07, 6.45) is 0. The first-order chi connectivity index (χ1) is 11.9. The topological polar surface area (TPSA) is 67.8 Å². The van der Waals surface area contributed by atoms with Crippen molar-refractivity contribution in [2.75, 3.05) is 7.11 Å². The van der Waals surface area contributed by atoms with Crippen molar-refractivity contribution in [1.29, 1.82) is 0 Å². The zero-order valence-electron chi connectivity index (χ0n) is 13.9. The summed E-state index contributed by atoms with van der Waals surface area (Å²) in [6, 6.07) is 10.1. The summed E-state index contributed by atoms with van der Waals surface area (Å²) >= 11 is 12.1. The quantitative estimate of drug-likeness (QED) is 0.716. The monoisotopic (exact) mass is 383 g/mol. The second-order valence-electron chi connectivity index (χ2n) is 5.45. The maximum atomic E-state index is 10.9. The summed E-state index contributed by atoms with van der Waals surface area (Å²) < 4.78 is 11.1. The van der Waals surface area contributed by atoms with Gasteiger partial charge in [0.25, 0.3) is 0 Å². The number of hydrogen-bond acceptors (Lipinski definition) is 4. The summed E-state index contributed by atoms with van der Waals surface area (Å²) in [5.74, 6) is 0.113. The molecule has 0 heterocycles. The van der Waals surface area contributed by atoms with E-state index in [9.17, 15) is 4.79 Å². The van der Waals surface area contributed by atoms with Crippen LogP contribution in [0.1, 0.15) is 18.1 Å². The molecule has 2 aromatic rings. The Kier molecular flexibility index (Phi) is 6.93. The minimum Gasteiger partial charge on any atom is -0.493 e. The van der Waals surface area contributed by atoms with Crippen LogP contribution in [0, 0.1) is 0 Å². The fourth-order valence-electron chi connectivity index (χ4n) is 2.08. The minimum absolute atomic E-state index is 0.306. The molecule has 5 nitrogen and oxygen atoms in total. The molecule has 0 radical (unpaired) electrons. The number of carbonyl (C=O) groups is 1. The van der Waals surface area contributed by atoms with Gasteiger partial charge in [-0.15, -0.1) is 0 Å². The molecule has 7 heteroatoms. The Morgan fingerprint density at radius 2 is 1.88 bits per heavy atom. The predicted octanol–water partition coefficient (Wildman–Crippen LogP) is 4.14. The highest BCUT2D eigenvalue weighted by Crippen LogP contribution is 2.34. The smallest absolute Gasteiger partial charge is 0.320 e. The van der Waals surface area contributed by atoms with Gasteiger partial charge in [-0.25, -0.2) is 0 Å². The van der Waals surface area contributed by atoms with Gasteiger partial charge in [0, 0.05) is 22.7 Å². The standard InChI is InChI=1S/C18H19Cl2NO4/c1-11(18(22)23)21-9-13-7-16(24-2)17(8-15(13)20)25-10-12-3-5-14(19)6-4-12/h3-8,11,21H,9-10H2,1-2H3,(H,22,23). The summed E-state index contributed by atoms with van der Waals surface area (Å²) in [5.41, 5.74) is 1.69. The molecule has 0 fully saturated rings. The zero-order chi connectivity index (χ0) is 18.4. The number of benzene rings is 2. The fraction of sp³-hybridized carbons (Fsp3) is 0.278. The van der Waals surface area contributed by atoms with Gasteiger partial charge in [0.05, 0.1) is 7.11 Å². The van der Waals surface area contributed by atoms with Crippen molar-refractivity contribution < 1.29 is 19.4 Å². The Morgan fingerprint density at radius 3 is 2.48 bits per heavy atom. The van der Waals surface area contributed by atoms with Crippen LogP contribution in [0.25, 0.3) is 0 Å². The number of hydrogen-bond donors (Lipinski definition) is 2. The van der Waals surface area contributed by atoms with Crippen molar-refractivity contribution in [3.8, 4) is 11.5 Å². The number of ether oxygens (including phenoxy) is 2. The molecule has 1 atom stereocenters. The fourth-order valence-corrected chi connectivity index (χ4v) is 2.42. The van der Waals surface area contributed by atoms with Crippen LogP contribution in [0.15, 0.2) is 36.4 Å². The second kappa shape index (κ2) is 8.94. The maximum absolute atomic E-state index is 10.9. The second-order valence-corrected chi connectivity index (χ2v) is 6.29. The van der Waals surface area contributed by atoms with E-state index in [1.807, 2.05) is 12.1 Å². The van der Waals surface area contributed by atoms with Crippen LogP contribution in [0.2, 0.25) is 10.0 Å². The van der Waals surface area contributed by atoms with Gasteiger partial charge in [-0.05, 0) is 36.2 Å². The van der Waals surface area contributed by atoms with Crippen molar-refractivity contribution >= 4 is 29.2 Å². The van der Waals surface area contributed by atoms with E-state index < -0.39 is 12.0 Å². The molecule has 0 amide bonds. The average molecular weight is 384 g/mol. The third-order valence-corrected chi connectivity index (χ3v) is 4.21.